The summed E-state index contributed by atoms with van der Waals surface area (Å²) < 4.78 is 2.71. The monoisotopic (exact) mass is 731 g/mol. The summed E-state index contributed by atoms with van der Waals surface area (Å²) >= 11 is 1.91. The van der Waals surface area contributed by atoms with E-state index in [0.29, 0.717) is 11.8 Å². The maximum absolute atomic E-state index is 2.71. The van der Waals surface area contributed by atoms with E-state index in [1.165, 1.54) is 117 Å². The number of hydrogen-bond acceptors (Lipinski definition) is 2. The summed E-state index contributed by atoms with van der Waals surface area (Å²) in [5.74, 6) is 2.91. The van der Waals surface area contributed by atoms with Crippen LogP contribution in [0.15, 0.2) is 127 Å². The van der Waals surface area contributed by atoms with Gasteiger partial charge in [-0.15, -0.1) is 11.3 Å². The van der Waals surface area contributed by atoms with Crippen LogP contribution in [0.3, 0.4) is 0 Å². The Balaban J connectivity index is 1.16. The Hall–Kier alpha value is -4.66. The highest BCUT2D eigenvalue weighted by molar-refractivity contribution is 7.25. The highest BCUT2D eigenvalue weighted by Gasteiger charge is 2.57. The smallest absolute Gasteiger partial charge is 0.0543 e. The molecule has 0 N–H and O–H groups in total. The van der Waals surface area contributed by atoms with Crippen LogP contribution in [0.4, 0.5) is 17.1 Å². The lowest BCUT2D eigenvalue weighted by Crippen LogP contribution is -2.49. The second-order valence-electron chi connectivity index (χ2n) is 18.1. The summed E-state index contributed by atoms with van der Waals surface area (Å²) in [5, 5.41) is 2.71. The van der Waals surface area contributed by atoms with E-state index >= 15 is 0 Å². The van der Waals surface area contributed by atoms with Gasteiger partial charge in [-0.3, -0.25) is 0 Å². The number of fused-ring (bicyclic) bond motifs is 16. The van der Waals surface area contributed by atoms with Crippen LogP contribution in [0, 0.1) is 23.7 Å². The Labute approximate surface area is 330 Å². The minimum atomic E-state index is 0.0453. The molecule has 0 amide bonds. The molecule has 3 fully saturated rings. The highest BCUT2D eigenvalue weighted by Crippen LogP contribution is 2.67. The van der Waals surface area contributed by atoms with Crippen LogP contribution in [-0.2, 0) is 10.8 Å². The van der Waals surface area contributed by atoms with Crippen molar-refractivity contribution in [3.05, 3.63) is 150 Å². The van der Waals surface area contributed by atoms with Crippen molar-refractivity contribution in [2.45, 2.75) is 82.5 Å². The summed E-state index contributed by atoms with van der Waals surface area (Å²) in [4.78, 5) is 2.71. The van der Waals surface area contributed by atoms with Crippen LogP contribution in [0.2, 0.25) is 0 Å². The average molecular weight is 732 g/mol. The molecule has 5 aliphatic carbocycles. The molecule has 0 radical (unpaired) electrons. The van der Waals surface area contributed by atoms with E-state index in [1.807, 2.05) is 11.3 Å². The number of hydrogen-bond donors (Lipinski definition) is 0. The Morgan fingerprint density at radius 1 is 0.545 bits per heavy atom. The number of rotatable bonds is 3. The first-order valence-corrected chi connectivity index (χ1v) is 22.1. The molecule has 2 bridgehead atoms. The zero-order valence-electron chi connectivity index (χ0n) is 32.2. The van der Waals surface area contributed by atoms with Crippen molar-refractivity contribution in [1.29, 1.82) is 0 Å². The van der Waals surface area contributed by atoms with E-state index in [-0.39, 0.29) is 10.8 Å². The molecule has 5 aliphatic rings. The van der Waals surface area contributed by atoms with Gasteiger partial charge in [0.1, 0.15) is 0 Å². The van der Waals surface area contributed by atoms with Crippen LogP contribution < -0.4 is 4.90 Å². The molecule has 7 aromatic rings. The maximum atomic E-state index is 2.71. The fourth-order valence-electron chi connectivity index (χ4n) is 13.6. The van der Waals surface area contributed by atoms with Crippen molar-refractivity contribution < 1.29 is 0 Å². The van der Waals surface area contributed by atoms with Gasteiger partial charge in [-0.1, -0.05) is 124 Å². The summed E-state index contributed by atoms with van der Waals surface area (Å²) in [5.41, 5.74) is 16.1. The van der Waals surface area contributed by atoms with Gasteiger partial charge in [-0.25, -0.2) is 0 Å². The third-order valence-electron chi connectivity index (χ3n) is 15.4. The van der Waals surface area contributed by atoms with Gasteiger partial charge in [0, 0.05) is 47.8 Å². The average Bonchev–Trinajstić information content (AvgIpc) is 3.83. The van der Waals surface area contributed by atoms with Gasteiger partial charge < -0.3 is 4.90 Å². The zero-order valence-corrected chi connectivity index (χ0v) is 33.0. The quantitative estimate of drug-likeness (QED) is 0.175. The largest absolute Gasteiger partial charge is 0.309 e. The molecule has 272 valence electrons. The van der Waals surface area contributed by atoms with Gasteiger partial charge in [0.05, 0.1) is 11.4 Å². The lowest BCUT2D eigenvalue weighted by Gasteiger charge is -2.54. The van der Waals surface area contributed by atoms with E-state index in [9.17, 15) is 0 Å². The van der Waals surface area contributed by atoms with E-state index in [1.54, 1.807) is 22.3 Å². The van der Waals surface area contributed by atoms with Crippen LogP contribution in [0.5, 0.6) is 0 Å². The molecule has 2 heteroatoms. The number of nitrogens with zero attached hydrogens (tertiary/aromatic N) is 1. The van der Waals surface area contributed by atoms with Crippen molar-refractivity contribution in [2.24, 2.45) is 23.7 Å². The maximum Gasteiger partial charge on any atom is 0.0543 e. The summed E-state index contributed by atoms with van der Waals surface area (Å²) in [6.45, 7) is 5.13. The normalized spacial score (nSPS) is 25.6. The topological polar surface area (TPSA) is 3.24 Å². The van der Waals surface area contributed by atoms with Gasteiger partial charge in [0.25, 0.3) is 0 Å². The minimum Gasteiger partial charge on any atom is -0.309 e. The first kappa shape index (κ1) is 32.6. The molecule has 6 aromatic carbocycles. The summed E-state index contributed by atoms with van der Waals surface area (Å²) in [6.07, 6.45) is 11.8. The van der Waals surface area contributed by atoms with Gasteiger partial charge >= 0.3 is 0 Å². The van der Waals surface area contributed by atoms with Crippen molar-refractivity contribution in [3.8, 4) is 22.3 Å². The first-order chi connectivity index (χ1) is 27.1. The van der Waals surface area contributed by atoms with Crippen molar-refractivity contribution in [1.82, 2.24) is 0 Å². The molecule has 12 rings (SSSR count). The van der Waals surface area contributed by atoms with Gasteiger partial charge in [0.15, 0.2) is 0 Å². The lowest BCUT2D eigenvalue weighted by molar-refractivity contribution is 0.0426. The SMILES string of the molecule is C[C@@H]1CC2C[C@@H](C1)C1(c3ccccc3-c3c(N(c4ccc5sc6ccccc6c5c4)c4cccc5c4-c4ccccc4C54CCCCC4)cccc31)[C@@H](C)C2. The van der Waals surface area contributed by atoms with Crippen LogP contribution >= 0.6 is 11.3 Å². The second-order valence-corrected chi connectivity index (χ2v) is 19.2. The Morgan fingerprint density at radius 3 is 2.02 bits per heavy atom. The van der Waals surface area contributed by atoms with E-state index in [0.717, 1.165) is 11.8 Å². The van der Waals surface area contributed by atoms with Crippen molar-refractivity contribution in [2.75, 3.05) is 4.90 Å². The van der Waals surface area contributed by atoms with Crippen LogP contribution in [0.1, 0.15) is 93.9 Å². The van der Waals surface area contributed by atoms with Crippen LogP contribution in [-0.4, -0.2) is 0 Å². The van der Waals surface area contributed by atoms with E-state index in [2.05, 4.69) is 146 Å². The molecule has 2 spiro atoms. The number of benzene rings is 6. The Morgan fingerprint density at radius 2 is 1.20 bits per heavy atom. The second kappa shape index (κ2) is 11.9. The van der Waals surface area contributed by atoms with E-state index < -0.39 is 0 Å². The standard InChI is InChI=1S/C53H49NS/c1-33-28-35-30-34(2)53(36(29-33)31-35)43-18-8-5-16-40(43)51-45(53)20-13-22-47(51)54(37-24-25-49-41(32-37)38-14-6-9-23-48(38)55-49)46-21-12-19-44-50(46)39-15-4-7-17-42(39)52(44)26-10-3-11-27-52/h4-9,12-25,32-36H,3,10-11,26-31H2,1-2H3/t33-,34+,35?,36-,53?/m1/s1. The predicted molar refractivity (Wildman–Crippen MR) is 233 cm³/mol. The predicted octanol–water partition coefficient (Wildman–Crippen LogP) is 15.1. The molecule has 1 nitrogen and oxygen atoms in total. The molecule has 5 atom stereocenters. The summed E-state index contributed by atoms with van der Waals surface area (Å²) in [6, 6.07) is 50.1. The van der Waals surface area contributed by atoms with Gasteiger partial charge in [0.2, 0.25) is 0 Å². The number of thiophene rings is 1. The Kier molecular flexibility index (Phi) is 7.06. The molecule has 55 heavy (non-hydrogen) atoms. The summed E-state index contributed by atoms with van der Waals surface area (Å²) in [7, 11) is 0. The highest BCUT2D eigenvalue weighted by atomic mass is 32.1. The third kappa shape index (κ3) is 4.36. The lowest BCUT2D eigenvalue weighted by atomic mass is 9.49. The fourth-order valence-corrected chi connectivity index (χ4v) is 14.6. The van der Waals surface area contributed by atoms with Crippen molar-refractivity contribution >= 4 is 48.6 Å². The molecule has 0 saturated heterocycles. The van der Waals surface area contributed by atoms with Crippen molar-refractivity contribution in [3.63, 3.8) is 0 Å². The van der Waals surface area contributed by atoms with E-state index in [4.69, 9.17) is 0 Å². The van der Waals surface area contributed by atoms with Gasteiger partial charge in [-0.05, 0) is 132 Å². The number of anilines is 3. The molecular formula is C53H49NS. The first-order valence-electron chi connectivity index (χ1n) is 21.2. The molecule has 0 aliphatic heterocycles. The minimum absolute atomic E-state index is 0.0453. The Bertz CT molecular complexity index is 2670. The third-order valence-corrected chi connectivity index (χ3v) is 16.5. The molecule has 2 unspecified atom stereocenters. The molecule has 3 saturated carbocycles. The molecule has 1 aromatic heterocycles. The molecular weight excluding hydrogens is 683 g/mol. The fraction of sp³-hybridized carbons (Fsp3) is 0.321. The van der Waals surface area contributed by atoms with Gasteiger partial charge in [-0.2, -0.15) is 0 Å². The zero-order chi connectivity index (χ0) is 36.5. The van der Waals surface area contributed by atoms with Crippen LogP contribution in [0.25, 0.3) is 42.4 Å². The molecule has 1 heterocycles.